The normalized spacial score (nSPS) is 22.8. The van der Waals surface area contributed by atoms with E-state index >= 15 is 0 Å². The molecule has 0 aromatic heterocycles. The van der Waals surface area contributed by atoms with Gasteiger partial charge in [-0.2, -0.15) is 14.3 Å². The summed E-state index contributed by atoms with van der Waals surface area (Å²) in [4.78, 5) is 35.0. The molecule has 6 unspecified atom stereocenters. The summed E-state index contributed by atoms with van der Waals surface area (Å²) in [6.07, 6.45) is 2.94. The lowest BCUT2D eigenvalue weighted by atomic mass is 9.92. The predicted octanol–water partition coefficient (Wildman–Crippen LogP) is 5.16. The van der Waals surface area contributed by atoms with Crippen LogP contribution < -0.4 is 0 Å². The number of ether oxygens (including phenoxy) is 5. The Morgan fingerprint density at radius 3 is 1.88 bits per heavy atom. The lowest BCUT2D eigenvalue weighted by Gasteiger charge is -2.43. The zero-order valence-corrected chi connectivity index (χ0v) is 28.3. The van der Waals surface area contributed by atoms with Gasteiger partial charge in [-0.15, -0.1) is 4.67 Å². The molecule has 0 aromatic carbocycles. The van der Waals surface area contributed by atoms with Crippen LogP contribution in [0.25, 0.3) is 0 Å². The Labute approximate surface area is 258 Å². The van der Waals surface area contributed by atoms with Crippen LogP contribution in [-0.2, 0) is 47.1 Å². The second kappa shape index (κ2) is 21.8. The fraction of sp³-hybridized carbons (Fsp3) is 0.867. The van der Waals surface area contributed by atoms with Crippen molar-refractivity contribution in [1.82, 2.24) is 4.67 Å². The molecule has 6 atom stereocenters. The minimum Gasteiger partial charge on any atom is -0.463 e. The molecule has 1 rings (SSSR count). The van der Waals surface area contributed by atoms with E-state index in [1.807, 2.05) is 6.92 Å². The largest absolute Gasteiger partial charge is 0.463 e. The van der Waals surface area contributed by atoms with E-state index < -0.39 is 57.0 Å². The van der Waals surface area contributed by atoms with E-state index in [1.54, 1.807) is 0 Å². The highest BCUT2D eigenvalue weighted by Gasteiger charge is 2.48. The van der Waals surface area contributed by atoms with E-state index in [0.29, 0.717) is 38.3 Å². The Kier molecular flexibility index (Phi) is 19.8. The molecule has 0 aromatic rings. The third-order valence-electron chi connectivity index (χ3n) is 6.81. The molecule has 43 heavy (non-hydrogen) atoms. The summed E-state index contributed by atoms with van der Waals surface area (Å²) < 4.78 is 42.5. The Balaban J connectivity index is 2.48. The van der Waals surface area contributed by atoms with Crippen molar-refractivity contribution in [3.05, 3.63) is 0 Å². The average Bonchev–Trinajstić information content (AvgIpc) is 2.91. The number of carbonyl (C=O) groups is 3. The van der Waals surface area contributed by atoms with Gasteiger partial charge in [0.2, 0.25) is 0 Å². The van der Waals surface area contributed by atoms with Gasteiger partial charge in [0.25, 0.3) is 0 Å². The Hall–Kier alpha value is -1.87. The molecule has 12 nitrogen and oxygen atoms in total. The van der Waals surface area contributed by atoms with Crippen LogP contribution in [0.4, 0.5) is 0 Å². The van der Waals surface area contributed by atoms with Crippen molar-refractivity contribution in [3.63, 3.8) is 0 Å². The van der Waals surface area contributed by atoms with Crippen LogP contribution in [-0.4, -0.2) is 85.7 Å². The molecule has 248 valence electrons. The van der Waals surface area contributed by atoms with Crippen LogP contribution in [0, 0.1) is 17.2 Å². The monoisotopic (exact) mass is 633 g/mol. The topological polar surface area (TPSA) is 143 Å². The first-order valence-corrected chi connectivity index (χ1v) is 16.7. The van der Waals surface area contributed by atoms with E-state index in [4.69, 9.17) is 38.0 Å². The van der Waals surface area contributed by atoms with Crippen LogP contribution in [0.3, 0.4) is 0 Å². The van der Waals surface area contributed by atoms with Crippen molar-refractivity contribution < 1.29 is 47.1 Å². The van der Waals surface area contributed by atoms with Gasteiger partial charge in [-0.1, -0.05) is 32.6 Å². The Bertz CT molecular complexity index is 860. The summed E-state index contributed by atoms with van der Waals surface area (Å²) in [6, 6.07) is 2.71. The van der Waals surface area contributed by atoms with Crippen LogP contribution >= 0.6 is 8.53 Å². The van der Waals surface area contributed by atoms with Gasteiger partial charge >= 0.3 is 26.4 Å². The highest BCUT2D eigenvalue weighted by atomic mass is 31.2. The van der Waals surface area contributed by atoms with Crippen LogP contribution in [0.2, 0.25) is 0 Å². The molecular formula is C30H54N2O10P+. The van der Waals surface area contributed by atoms with Crippen molar-refractivity contribution >= 4 is 26.4 Å². The molecule has 1 heterocycles. The molecule has 1 aliphatic heterocycles. The summed E-state index contributed by atoms with van der Waals surface area (Å²) in [7, 11) is -1.63. The van der Waals surface area contributed by atoms with E-state index in [0.717, 1.165) is 38.5 Å². The van der Waals surface area contributed by atoms with Gasteiger partial charge in [0, 0.05) is 45.4 Å². The Morgan fingerprint density at radius 1 is 0.814 bits per heavy atom. The number of esters is 3. The van der Waals surface area contributed by atoms with Crippen molar-refractivity contribution in [1.29, 1.82) is 5.26 Å². The van der Waals surface area contributed by atoms with E-state index in [-0.39, 0.29) is 6.61 Å². The molecule has 1 aliphatic rings. The number of rotatable bonds is 21. The first-order valence-electron chi connectivity index (χ1n) is 15.4. The Morgan fingerprint density at radius 2 is 1.35 bits per heavy atom. The van der Waals surface area contributed by atoms with Crippen LogP contribution in [0.15, 0.2) is 0 Å². The van der Waals surface area contributed by atoms with Gasteiger partial charge in [0.05, 0.1) is 19.1 Å². The highest BCUT2D eigenvalue weighted by Crippen LogP contribution is 2.46. The van der Waals surface area contributed by atoms with Gasteiger partial charge in [-0.05, 0) is 40.5 Å². The van der Waals surface area contributed by atoms with Gasteiger partial charge in [0.15, 0.2) is 12.4 Å². The smallest absolute Gasteiger partial charge is 0.336 e. The molecular weight excluding hydrogens is 579 g/mol. The summed E-state index contributed by atoms with van der Waals surface area (Å²) >= 11 is 0. The molecule has 0 amide bonds. The summed E-state index contributed by atoms with van der Waals surface area (Å²) in [5, 5.41) is 8.85. The number of carbonyl (C=O) groups excluding carboxylic acids is 3. The second-order valence-electron chi connectivity index (χ2n) is 11.3. The number of nitriles is 1. The van der Waals surface area contributed by atoms with Gasteiger partial charge in [0.1, 0.15) is 25.4 Å². The van der Waals surface area contributed by atoms with Gasteiger partial charge in [-0.3, -0.25) is 14.4 Å². The van der Waals surface area contributed by atoms with Crippen molar-refractivity contribution in [2.24, 2.45) is 5.92 Å². The zero-order valence-electron chi connectivity index (χ0n) is 27.3. The summed E-state index contributed by atoms with van der Waals surface area (Å²) in [5.41, 5.74) is 0. The number of hydrogen-bond donors (Lipinski definition) is 0. The second-order valence-corrected chi connectivity index (χ2v) is 12.9. The van der Waals surface area contributed by atoms with Gasteiger partial charge in [-0.25, -0.2) is 0 Å². The minimum absolute atomic E-state index is 0.164. The van der Waals surface area contributed by atoms with Crippen molar-refractivity contribution in [2.75, 3.05) is 26.4 Å². The maximum atomic E-state index is 11.8. The maximum Gasteiger partial charge on any atom is 0.336 e. The number of hydrogen-bond acceptors (Lipinski definition) is 12. The van der Waals surface area contributed by atoms with Crippen molar-refractivity contribution in [2.45, 2.75) is 137 Å². The molecule has 0 aliphatic carbocycles. The molecule has 0 spiro atoms. The molecule has 0 bridgehead atoms. The summed E-state index contributed by atoms with van der Waals surface area (Å²) in [6.45, 7) is 15.4. The van der Waals surface area contributed by atoms with Crippen LogP contribution in [0.1, 0.15) is 100 Å². The average molecular weight is 634 g/mol. The maximum absolute atomic E-state index is 11.8. The van der Waals surface area contributed by atoms with Crippen molar-refractivity contribution in [3.8, 4) is 6.07 Å². The van der Waals surface area contributed by atoms with Crippen LogP contribution in [0.5, 0.6) is 0 Å². The molecule has 0 N–H and O–H groups in total. The minimum atomic E-state index is -1.63. The lowest BCUT2D eigenvalue weighted by molar-refractivity contribution is -0.288. The quantitative estimate of drug-likeness (QED) is 0.0713. The molecule has 13 heteroatoms. The molecule has 1 saturated heterocycles. The standard InChI is InChI=1S/C30H53N2O10P/c1-21(2)32(22(3)4)43(39-19-15-16-31)38-18-14-12-10-9-11-13-17-36-30-23(5)28(40-25(7)34)29(41-26(8)35)27(42-30)20-37-24(6)33/h21-23,27-30H,9-15,17-20H2,1-8H3/p+1. The molecule has 0 radical (unpaired) electrons. The fourth-order valence-electron chi connectivity index (χ4n) is 4.93. The van der Waals surface area contributed by atoms with E-state index in [9.17, 15) is 14.4 Å². The number of unbranched alkanes of at least 4 members (excludes halogenated alkanes) is 5. The first kappa shape index (κ1) is 39.2. The highest BCUT2D eigenvalue weighted by molar-refractivity contribution is 7.44. The SMILES string of the molecule is CC(=O)OCC1OC(OCCCCCCCCO[PH+](OCCC#N)N(C(C)C)C(C)C)C(C)C(OC(C)=O)C1OC(C)=O. The summed E-state index contributed by atoms with van der Waals surface area (Å²) in [5.74, 6) is -2.00. The third kappa shape index (κ3) is 15.6. The zero-order chi connectivity index (χ0) is 32.4. The number of nitrogens with zero attached hydrogens (tertiary/aromatic N) is 2. The predicted molar refractivity (Wildman–Crippen MR) is 162 cm³/mol. The molecule has 1 fully saturated rings. The van der Waals surface area contributed by atoms with E-state index in [2.05, 4.69) is 38.4 Å². The first-order chi connectivity index (χ1) is 20.4. The van der Waals surface area contributed by atoms with E-state index in [1.165, 1.54) is 20.8 Å². The molecule has 0 saturated carbocycles. The lowest BCUT2D eigenvalue weighted by Crippen LogP contribution is -2.58. The van der Waals surface area contributed by atoms with Gasteiger partial charge < -0.3 is 23.7 Å². The third-order valence-corrected chi connectivity index (χ3v) is 9.17. The fourth-order valence-corrected chi connectivity index (χ4v) is 6.75.